The minimum absolute atomic E-state index is 1.14. The van der Waals surface area contributed by atoms with E-state index in [1.165, 1.54) is 122 Å². The topological polar surface area (TPSA) is 9.86 Å². The van der Waals surface area contributed by atoms with E-state index in [-0.39, 0.29) is 0 Å². The van der Waals surface area contributed by atoms with Crippen LogP contribution >= 0.6 is 0 Å². The SMILES string of the molecule is c1ccc(-c2ccc(-c3cccc(-n4c5ccccc5c5cc(-c6ccc7c(c6)c6ccccc6n7-c6ccc(-c7ccc(-c8cccc(-c9cccc(-c%10ccccc%10)c9)c8)cc7)cc6)ccc54)c3)cc2)cc1. The van der Waals surface area contributed by atoms with Gasteiger partial charge < -0.3 is 9.13 Å². The molecule has 0 N–H and O–H groups in total. The van der Waals surface area contributed by atoms with Gasteiger partial charge in [0.25, 0.3) is 0 Å². The Labute approximate surface area is 431 Å². The Morgan fingerprint density at radius 1 is 0.149 bits per heavy atom. The lowest BCUT2D eigenvalue weighted by Gasteiger charge is -2.12. The number of aromatic nitrogens is 2. The summed E-state index contributed by atoms with van der Waals surface area (Å²) < 4.78 is 4.83. The Morgan fingerprint density at radius 3 is 0.905 bits per heavy atom. The fraction of sp³-hybridized carbons (Fsp3) is 0. The molecule has 0 aliphatic heterocycles. The molecule has 14 rings (SSSR count). The largest absolute Gasteiger partial charge is 0.309 e. The van der Waals surface area contributed by atoms with Crippen molar-refractivity contribution < 1.29 is 0 Å². The first-order valence-corrected chi connectivity index (χ1v) is 25.5. The van der Waals surface area contributed by atoms with Crippen LogP contribution in [0.1, 0.15) is 0 Å². The maximum Gasteiger partial charge on any atom is 0.0541 e. The highest BCUT2D eigenvalue weighted by atomic mass is 15.0. The van der Waals surface area contributed by atoms with Crippen LogP contribution in [-0.2, 0) is 0 Å². The van der Waals surface area contributed by atoms with Gasteiger partial charge in [0.1, 0.15) is 0 Å². The Hall–Kier alpha value is -9.76. The first kappa shape index (κ1) is 43.1. The van der Waals surface area contributed by atoms with E-state index in [1.54, 1.807) is 0 Å². The molecule has 0 spiro atoms. The highest BCUT2D eigenvalue weighted by Gasteiger charge is 2.17. The Morgan fingerprint density at radius 2 is 0.432 bits per heavy atom. The van der Waals surface area contributed by atoms with E-state index >= 15 is 0 Å². The van der Waals surface area contributed by atoms with Gasteiger partial charge in [0.2, 0.25) is 0 Å². The predicted molar refractivity (Wildman–Crippen MR) is 313 cm³/mol. The first-order valence-electron chi connectivity index (χ1n) is 25.5. The normalized spacial score (nSPS) is 11.5. The van der Waals surface area contributed by atoms with Gasteiger partial charge in [-0.3, -0.25) is 0 Å². The van der Waals surface area contributed by atoms with Crippen molar-refractivity contribution >= 4 is 43.6 Å². The van der Waals surface area contributed by atoms with Crippen molar-refractivity contribution in [3.63, 3.8) is 0 Å². The van der Waals surface area contributed by atoms with Gasteiger partial charge in [-0.1, -0.05) is 218 Å². The van der Waals surface area contributed by atoms with Gasteiger partial charge in [0, 0.05) is 32.9 Å². The van der Waals surface area contributed by atoms with Gasteiger partial charge in [-0.05, 0) is 151 Å². The quantitative estimate of drug-likeness (QED) is 0.136. The lowest BCUT2D eigenvalue weighted by molar-refractivity contribution is 1.18. The van der Waals surface area contributed by atoms with Crippen LogP contribution in [0.15, 0.2) is 291 Å². The first-order chi connectivity index (χ1) is 36.7. The zero-order chi connectivity index (χ0) is 49.0. The monoisotopic (exact) mass is 940 g/mol. The summed E-state index contributed by atoms with van der Waals surface area (Å²) in [5.41, 5.74) is 23.9. The van der Waals surface area contributed by atoms with E-state index in [4.69, 9.17) is 0 Å². The molecule has 0 amide bonds. The zero-order valence-electron chi connectivity index (χ0n) is 40.6. The number of nitrogens with zero attached hydrogens (tertiary/aromatic N) is 2. The summed E-state index contributed by atoms with van der Waals surface area (Å²) in [4.78, 5) is 0. The highest BCUT2D eigenvalue weighted by molar-refractivity contribution is 6.13. The molecule has 0 atom stereocenters. The average molecular weight is 941 g/mol. The number of fused-ring (bicyclic) bond motifs is 6. The van der Waals surface area contributed by atoms with Crippen LogP contribution in [0.5, 0.6) is 0 Å². The second-order valence-electron chi connectivity index (χ2n) is 19.3. The van der Waals surface area contributed by atoms with Crippen LogP contribution in [-0.4, -0.2) is 9.13 Å². The average Bonchev–Trinajstić information content (AvgIpc) is 4.00. The molecule has 2 aromatic heterocycles. The second-order valence-corrected chi connectivity index (χ2v) is 19.3. The molecule has 0 bridgehead atoms. The fourth-order valence-corrected chi connectivity index (χ4v) is 11.2. The Balaban J connectivity index is 0.755. The molecule has 0 aliphatic carbocycles. The zero-order valence-corrected chi connectivity index (χ0v) is 40.6. The molecule has 2 heterocycles. The number of rotatable bonds is 9. The molecule has 0 saturated carbocycles. The summed E-state index contributed by atoms with van der Waals surface area (Å²) in [6.07, 6.45) is 0. The summed E-state index contributed by atoms with van der Waals surface area (Å²) in [5.74, 6) is 0. The summed E-state index contributed by atoms with van der Waals surface area (Å²) in [6, 6.07) is 106. The maximum atomic E-state index is 2.42. The molecule has 0 radical (unpaired) electrons. The van der Waals surface area contributed by atoms with E-state index < -0.39 is 0 Å². The van der Waals surface area contributed by atoms with Crippen molar-refractivity contribution in [3.05, 3.63) is 291 Å². The third-order valence-electron chi connectivity index (χ3n) is 15.0. The van der Waals surface area contributed by atoms with Gasteiger partial charge in [0.15, 0.2) is 0 Å². The minimum atomic E-state index is 1.14. The van der Waals surface area contributed by atoms with Crippen LogP contribution in [0.3, 0.4) is 0 Å². The van der Waals surface area contributed by atoms with Crippen molar-refractivity contribution in [2.45, 2.75) is 0 Å². The summed E-state index contributed by atoms with van der Waals surface area (Å²) in [5, 5.41) is 4.96. The molecule has 2 nitrogen and oxygen atoms in total. The van der Waals surface area contributed by atoms with Crippen molar-refractivity contribution in [2.75, 3.05) is 0 Å². The molecule has 74 heavy (non-hydrogen) atoms. The standard InChI is InChI=1S/C72H48N2/c1-3-14-49(15-4-1)51-28-34-55(35-29-51)60-22-13-23-64(46-60)74-70-27-10-8-25-66(70)68-48-62(39-43-72(68)74)61-38-42-71-67(47-61)65-24-7-9-26-69(65)73(71)63-40-36-53(37-41-63)52-30-32-54(33-31-52)57-19-12-21-59(45-57)58-20-11-18-56(44-58)50-16-5-2-6-17-50/h1-48H. The van der Waals surface area contributed by atoms with Crippen LogP contribution < -0.4 is 0 Å². The number of benzene rings is 12. The van der Waals surface area contributed by atoms with Crippen LogP contribution in [0, 0.1) is 0 Å². The summed E-state index contributed by atoms with van der Waals surface area (Å²) >= 11 is 0. The van der Waals surface area contributed by atoms with Crippen LogP contribution in [0.25, 0.3) is 133 Å². The smallest absolute Gasteiger partial charge is 0.0541 e. The van der Waals surface area contributed by atoms with E-state index in [2.05, 4.69) is 300 Å². The van der Waals surface area contributed by atoms with Gasteiger partial charge in [-0.25, -0.2) is 0 Å². The van der Waals surface area contributed by atoms with Crippen LogP contribution in [0.2, 0.25) is 0 Å². The summed E-state index contributed by atoms with van der Waals surface area (Å²) in [6.45, 7) is 0. The third kappa shape index (κ3) is 7.69. The predicted octanol–water partition coefficient (Wildman–Crippen LogP) is 19.5. The number of para-hydroxylation sites is 2. The second kappa shape index (κ2) is 18.1. The Kier molecular flexibility index (Phi) is 10.6. The molecule has 14 aromatic rings. The minimum Gasteiger partial charge on any atom is -0.309 e. The molecule has 12 aromatic carbocycles. The fourth-order valence-electron chi connectivity index (χ4n) is 11.2. The van der Waals surface area contributed by atoms with Crippen molar-refractivity contribution in [1.82, 2.24) is 9.13 Å². The molecular formula is C72H48N2. The van der Waals surface area contributed by atoms with Crippen molar-refractivity contribution in [2.24, 2.45) is 0 Å². The maximum absolute atomic E-state index is 2.42. The lowest BCUT2D eigenvalue weighted by Crippen LogP contribution is -1.94. The third-order valence-corrected chi connectivity index (χ3v) is 15.0. The lowest BCUT2D eigenvalue weighted by atomic mass is 9.95. The van der Waals surface area contributed by atoms with Gasteiger partial charge in [0.05, 0.1) is 22.1 Å². The van der Waals surface area contributed by atoms with Gasteiger partial charge in [-0.15, -0.1) is 0 Å². The molecule has 0 saturated heterocycles. The molecule has 0 unspecified atom stereocenters. The molecular weight excluding hydrogens is 893 g/mol. The Bertz CT molecular complexity index is 4370. The number of hydrogen-bond donors (Lipinski definition) is 0. The van der Waals surface area contributed by atoms with E-state index in [0.29, 0.717) is 0 Å². The van der Waals surface area contributed by atoms with Crippen molar-refractivity contribution in [3.8, 4) is 89.3 Å². The van der Waals surface area contributed by atoms with E-state index in [9.17, 15) is 0 Å². The van der Waals surface area contributed by atoms with Gasteiger partial charge >= 0.3 is 0 Å². The molecule has 2 heteroatoms. The van der Waals surface area contributed by atoms with E-state index in [1.807, 2.05) is 0 Å². The van der Waals surface area contributed by atoms with Gasteiger partial charge in [-0.2, -0.15) is 0 Å². The summed E-state index contributed by atoms with van der Waals surface area (Å²) in [7, 11) is 0. The van der Waals surface area contributed by atoms with Crippen LogP contribution in [0.4, 0.5) is 0 Å². The molecule has 0 fully saturated rings. The molecule has 0 aliphatic rings. The highest BCUT2D eigenvalue weighted by Crippen LogP contribution is 2.40. The van der Waals surface area contributed by atoms with E-state index in [0.717, 1.165) is 11.4 Å². The van der Waals surface area contributed by atoms with Crippen molar-refractivity contribution in [1.29, 1.82) is 0 Å². The number of hydrogen-bond acceptors (Lipinski definition) is 0. The molecule has 346 valence electrons.